The molecular weight excluding hydrogens is 234 g/mol. The Labute approximate surface area is 93.1 Å². The maximum atomic E-state index is 11.4. The third kappa shape index (κ3) is 3.52. The molecule has 0 aliphatic heterocycles. The van der Waals surface area contributed by atoms with Crippen LogP contribution in [0.1, 0.15) is 17.3 Å². The molecule has 0 amide bonds. The highest BCUT2D eigenvalue weighted by Crippen LogP contribution is 2.17. The molecule has 0 fully saturated rings. The second-order valence-corrected chi connectivity index (χ2v) is 4.00. The monoisotopic (exact) mass is 245 g/mol. The van der Waals surface area contributed by atoms with Gasteiger partial charge >= 0.3 is 16.3 Å². The van der Waals surface area contributed by atoms with Crippen LogP contribution in [0.4, 0.5) is 5.69 Å². The summed E-state index contributed by atoms with van der Waals surface area (Å²) in [5, 5.41) is 0. The first-order chi connectivity index (χ1) is 7.44. The Kier molecular flexibility index (Phi) is 3.86. The van der Waals surface area contributed by atoms with Crippen LogP contribution < -0.4 is 4.72 Å². The van der Waals surface area contributed by atoms with E-state index in [4.69, 9.17) is 9.29 Å². The van der Waals surface area contributed by atoms with Crippen LogP contribution >= 0.6 is 0 Å². The van der Waals surface area contributed by atoms with Crippen molar-refractivity contribution in [3.63, 3.8) is 0 Å². The fourth-order valence-corrected chi connectivity index (χ4v) is 1.55. The average molecular weight is 245 g/mol. The first-order valence-corrected chi connectivity index (χ1v) is 5.89. The lowest BCUT2D eigenvalue weighted by molar-refractivity contribution is 0.0527. The third-order valence-corrected chi connectivity index (χ3v) is 2.14. The highest BCUT2D eigenvalue weighted by atomic mass is 32.2. The summed E-state index contributed by atoms with van der Waals surface area (Å²) < 4.78 is 36.4. The first-order valence-electron chi connectivity index (χ1n) is 4.45. The molecule has 0 aliphatic carbocycles. The van der Waals surface area contributed by atoms with Crippen LogP contribution in [0.5, 0.6) is 0 Å². The minimum absolute atomic E-state index is 0.0246. The van der Waals surface area contributed by atoms with Crippen LogP contribution in [0.2, 0.25) is 0 Å². The zero-order valence-corrected chi connectivity index (χ0v) is 9.32. The molecule has 0 spiro atoms. The van der Waals surface area contributed by atoms with E-state index in [0.29, 0.717) is 0 Å². The Morgan fingerprint density at radius 1 is 1.44 bits per heavy atom. The number of hydrogen-bond donors (Lipinski definition) is 2. The molecule has 0 radical (unpaired) electrons. The second-order valence-electron chi connectivity index (χ2n) is 2.84. The summed E-state index contributed by atoms with van der Waals surface area (Å²) in [6.07, 6.45) is 0. The molecule has 1 aromatic rings. The van der Waals surface area contributed by atoms with E-state index < -0.39 is 16.3 Å². The van der Waals surface area contributed by atoms with Crippen LogP contribution in [-0.4, -0.2) is 25.5 Å². The molecule has 0 saturated heterocycles. The number of anilines is 1. The Bertz CT molecular complexity index is 482. The number of para-hydroxylation sites is 1. The Balaban J connectivity index is 3.05. The number of ether oxygens (including phenoxy) is 1. The van der Waals surface area contributed by atoms with E-state index in [-0.39, 0.29) is 17.9 Å². The van der Waals surface area contributed by atoms with E-state index in [9.17, 15) is 13.2 Å². The van der Waals surface area contributed by atoms with Gasteiger partial charge in [0.15, 0.2) is 0 Å². The molecule has 0 unspecified atom stereocenters. The van der Waals surface area contributed by atoms with E-state index in [1.807, 2.05) is 4.72 Å². The van der Waals surface area contributed by atoms with Crippen LogP contribution in [0.3, 0.4) is 0 Å². The van der Waals surface area contributed by atoms with Crippen LogP contribution in [0.15, 0.2) is 24.3 Å². The number of hydrogen-bond acceptors (Lipinski definition) is 4. The van der Waals surface area contributed by atoms with Crippen LogP contribution in [-0.2, 0) is 15.0 Å². The highest BCUT2D eigenvalue weighted by Gasteiger charge is 2.14. The summed E-state index contributed by atoms with van der Waals surface area (Å²) in [5.41, 5.74) is 0.0189. The molecular formula is C9H11NO5S. The molecule has 2 N–H and O–H groups in total. The number of benzene rings is 1. The van der Waals surface area contributed by atoms with Crippen molar-refractivity contribution in [3.05, 3.63) is 29.8 Å². The lowest BCUT2D eigenvalue weighted by Gasteiger charge is -2.08. The number of esters is 1. The molecule has 88 valence electrons. The zero-order chi connectivity index (χ0) is 12.2. The number of carbonyl (C=O) groups is 1. The molecule has 1 rings (SSSR count). The van der Waals surface area contributed by atoms with E-state index in [1.54, 1.807) is 13.0 Å². The van der Waals surface area contributed by atoms with Crippen molar-refractivity contribution < 1.29 is 22.5 Å². The lowest BCUT2D eigenvalue weighted by atomic mass is 10.2. The SMILES string of the molecule is CCOC(=O)c1ccccc1NS(=O)(=O)O. The molecule has 16 heavy (non-hydrogen) atoms. The summed E-state index contributed by atoms with van der Waals surface area (Å²) in [7, 11) is -4.41. The van der Waals surface area contributed by atoms with Gasteiger partial charge in [0.2, 0.25) is 0 Å². The topological polar surface area (TPSA) is 92.7 Å². The normalized spacial score (nSPS) is 10.9. The van der Waals surface area contributed by atoms with Gasteiger partial charge in [0.25, 0.3) is 0 Å². The van der Waals surface area contributed by atoms with Crippen molar-refractivity contribution in [2.45, 2.75) is 6.92 Å². The number of carbonyl (C=O) groups excluding carboxylic acids is 1. The standard InChI is InChI=1S/C9H11NO5S/c1-2-15-9(11)7-5-3-4-6-8(7)10-16(12,13)14/h3-6,10H,2H2,1H3,(H,12,13,14). The third-order valence-electron chi connectivity index (χ3n) is 1.66. The van der Waals surface area contributed by atoms with Gasteiger partial charge in [0.1, 0.15) is 0 Å². The van der Waals surface area contributed by atoms with Gasteiger partial charge < -0.3 is 4.74 Å². The molecule has 7 heteroatoms. The van der Waals surface area contributed by atoms with E-state index in [0.717, 1.165) is 0 Å². The molecule has 0 bridgehead atoms. The van der Waals surface area contributed by atoms with Crippen molar-refractivity contribution >= 4 is 22.0 Å². The van der Waals surface area contributed by atoms with Crippen molar-refractivity contribution in [1.29, 1.82) is 0 Å². The van der Waals surface area contributed by atoms with Crippen LogP contribution in [0, 0.1) is 0 Å². The molecule has 0 saturated carbocycles. The fraction of sp³-hybridized carbons (Fsp3) is 0.222. The van der Waals surface area contributed by atoms with Gasteiger partial charge in [-0.1, -0.05) is 12.1 Å². The van der Waals surface area contributed by atoms with Crippen molar-refractivity contribution in [1.82, 2.24) is 0 Å². The summed E-state index contributed by atoms with van der Waals surface area (Å²) in [4.78, 5) is 11.4. The van der Waals surface area contributed by atoms with Gasteiger partial charge in [-0.2, -0.15) is 8.42 Å². The van der Waals surface area contributed by atoms with E-state index in [2.05, 4.69) is 0 Å². The summed E-state index contributed by atoms with van der Waals surface area (Å²) in [6, 6.07) is 5.82. The summed E-state index contributed by atoms with van der Waals surface area (Å²) in [5.74, 6) is -0.658. The highest BCUT2D eigenvalue weighted by molar-refractivity contribution is 7.87. The van der Waals surface area contributed by atoms with Gasteiger partial charge in [0.05, 0.1) is 17.9 Å². The molecule has 0 heterocycles. The molecule has 0 atom stereocenters. The number of nitrogens with one attached hydrogen (secondary N) is 1. The first kappa shape index (κ1) is 12.5. The smallest absolute Gasteiger partial charge is 0.357 e. The Morgan fingerprint density at radius 3 is 2.62 bits per heavy atom. The van der Waals surface area contributed by atoms with Crippen LogP contribution in [0.25, 0.3) is 0 Å². The zero-order valence-electron chi connectivity index (χ0n) is 8.50. The predicted molar refractivity (Wildman–Crippen MR) is 57.6 cm³/mol. The minimum atomic E-state index is -4.41. The quantitative estimate of drug-likeness (QED) is 0.611. The molecule has 0 aliphatic rings. The molecule has 0 aromatic heterocycles. The average Bonchev–Trinajstić information content (AvgIpc) is 2.16. The largest absolute Gasteiger partial charge is 0.462 e. The second kappa shape index (κ2) is 4.95. The van der Waals surface area contributed by atoms with Gasteiger partial charge in [-0.15, -0.1) is 0 Å². The fourth-order valence-electron chi connectivity index (χ4n) is 1.10. The van der Waals surface area contributed by atoms with Gasteiger partial charge in [0, 0.05) is 0 Å². The Hall–Kier alpha value is -1.60. The Morgan fingerprint density at radius 2 is 2.06 bits per heavy atom. The minimum Gasteiger partial charge on any atom is -0.462 e. The molecule has 1 aromatic carbocycles. The van der Waals surface area contributed by atoms with Gasteiger partial charge in [-0.3, -0.25) is 9.27 Å². The maximum absolute atomic E-state index is 11.4. The summed E-state index contributed by atoms with van der Waals surface area (Å²) >= 11 is 0. The van der Waals surface area contributed by atoms with Crippen molar-refractivity contribution in [3.8, 4) is 0 Å². The lowest BCUT2D eigenvalue weighted by Crippen LogP contribution is -2.14. The summed E-state index contributed by atoms with van der Waals surface area (Å²) in [6.45, 7) is 1.82. The van der Waals surface area contributed by atoms with Crippen molar-refractivity contribution in [2.24, 2.45) is 0 Å². The predicted octanol–water partition coefficient (Wildman–Crippen LogP) is 1.08. The van der Waals surface area contributed by atoms with Gasteiger partial charge in [-0.25, -0.2) is 4.79 Å². The van der Waals surface area contributed by atoms with E-state index >= 15 is 0 Å². The van der Waals surface area contributed by atoms with Gasteiger partial charge in [-0.05, 0) is 19.1 Å². The number of rotatable bonds is 4. The maximum Gasteiger partial charge on any atom is 0.357 e. The molecule has 6 nitrogen and oxygen atoms in total. The van der Waals surface area contributed by atoms with E-state index in [1.165, 1.54) is 18.2 Å². The van der Waals surface area contributed by atoms with Crippen molar-refractivity contribution in [2.75, 3.05) is 11.3 Å².